The molecule has 0 saturated heterocycles. The Morgan fingerprint density at radius 1 is 1.15 bits per heavy atom. The highest BCUT2D eigenvalue weighted by atomic mass is 16.5. The van der Waals surface area contributed by atoms with Crippen molar-refractivity contribution in [1.82, 2.24) is 4.98 Å². The van der Waals surface area contributed by atoms with Crippen LogP contribution in [0.2, 0.25) is 0 Å². The van der Waals surface area contributed by atoms with Gasteiger partial charge in [-0.3, -0.25) is 4.79 Å². The summed E-state index contributed by atoms with van der Waals surface area (Å²) in [6.45, 7) is 0.513. The number of anilines is 2. The quantitative estimate of drug-likeness (QED) is 0.699. The maximum absolute atomic E-state index is 12.5. The van der Waals surface area contributed by atoms with Gasteiger partial charge in [-0.15, -0.1) is 0 Å². The highest BCUT2D eigenvalue weighted by Gasteiger charge is 2.10. The van der Waals surface area contributed by atoms with E-state index in [2.05, 4.69) is 21.7 Å². The number of nitrogens with zero attached hydrogens (tertiary/aromatic N) is 2. The van der Waals surface area contributed by atoms with Crippen molar-refractivity contribution in [3.8, 4) is 11.8 Å². The van der Waals surface area contributed by atoms with Crippen molar-refractivity contribution in [1.29, 1.82) is 5.26 Å². The lowest BCUT2D eigenvalue weighted by Crippen LogP contribution is -2.13. The van der Waals surface area contributed by atoms with Crippen LogP contribution >= 0.6 is 0 Å². The molecule has 6 heteroatoms. The molecule has 6 nitrogen and oxygen atoms in total. The van der Waals surface area contributed by atoms with Gasteiger partial charge in [-0.25, -0.2) is 4.98 Å². The number of carbonyl (C=O) groups excluding carboxylic acids is 1. The zero-order chi connectivity index (χ0) is 19.1. The van der Waals surface area contributed by atoms with Crippen molar-refractivity contribution in [3.63, 3.8) is 0 Å². The average molecular weight is 358 g/mol. The van der Waals surface area contributed by atoms with E-state index in [0.29, 0.717) is 29.2 Å². The van der Waals surface area contributed by atoms with E-state index in [1.807, 2.05) is 24.3 Å². The fourth-order valence-electron chi connectivity index (χ4n) is 2.59. The van der Waals surface area contributed by atoms with Gasteiger partial charge in [0.1, 0.15) is 17.6 Å². The number of hydrogen-bond acceptors (Lipinski definition) is 5. The van der Waals surface area contributed by atoms with E-state index >= 15 is 0 Å². The Balaban J connectivity index is 1.71. The Hall–Kier alpha value is -3.85. The number of aromatic nitrogens is 1. The third-order valence-corrected chi connectivity index (χ3v) is 3.97. The van der Waals surface area contributed by atoms with Gasteiger partial charge in [-0.05, 0) is 30.3 Å². The van der Waals surface area contributed by atoms with Crippen molar-refractivity contribution in [2.75, 3.05) is 17.7 Å². The van der Waals surface area contributed by atoms with E-state index in [1.165, 1.54) is 0 Å². The largest absolute Gasteiger partial charge is 0.496 e. The summed E-state index contributed by atoms with van der Waals surface area (Å²) < 4.78 is 5.33. The van der Waals surface area contributed by atoms with Crippen molar-refractivity contribution < 1.29 is 9.53 Å². The van der Waals surface area contributed by atoms with Crippen molar-refractivity contribution >= 4 is 17.4 Å². The van der Waals surface area contributed by atoms with Gasteiger partial charge >= 0.3 is 0 Å². The average Bonchev–Trinajstić information content (AvgIpc) is 2.73. The number of pyridine rings is 1. The molecule has 0 bridgehead atoms. The van der Waals surface area contributed by atoms with Crippen LogP contribution in [0.5, 0.6) is 5.75 Å². The first kappa shape index (κ1) is 18.0. The molecule has 2 aromatic carbocycles. The van der Waals surface area contributed by atoms with Gasteiger partial charge in [0.25, 0.3) is 5.91 Å². The number of rotatable bonds is 6. The summed E-state index contributed by atoms with van der Waals surface area (Å²) in [4.78, 5) is 16.8. The number of nitrogens with one attached hydrogen (secondary N) is 2. The van der Waals surface area contributed by atoms with E-state index in [-0.39, 0.29) is 5.91 Å². The molecule has 0 fully saturated rings. The molecular weight excluding hydrogens is 340 g/mol. The Labute approximate surface area is 157 Å². The van der Waals surface area contributed by atoms with Crippen LogP contribution in [0, 0.1) is 11.3 Å². The van der Waals surface area contributed by atoms with Gasteiger partial charge in [-0.2, -0.15) is 5.26 Å². The molecule has 0 aliphatic carbocycles. The zero-order valence-electron chi connectivity index (χ0n) is 14.8. The summed E-state index contributed by atoms with van der Waals surface area (Å²) in [5.74, 6) is 1.05. The number of amides is 1. The number of para-hydroxylation sites is 2. The predicted octanol–water partition coefficient (Wildman–Crippen LogP) is 3.83. The van der Waals surface area contributed by atoms with Crippen LogP contribution in [0.4, 0.5) is 11.5 Å². The molecule has 3 aromatic rings. The van der Waals surface area contributed by atoms with Crippen molar-refractivity contribution in [2.45, 2.75) is 6.54 Å². The van der Waals surface area contributed by atoms with Crippen LogP contribution in [0.1, 0.15) is 21.5 Å². The molecule has 2 N–H and O–H groups in total. The predicted molar refractivity (Wildman–Crippen MR) is 104 cm³/mol. The topological polar surface area (TPSA) is 87.0 Å². The highest BCUT2D eigenvalue weighted by Crippen LogP contribution is 2.19. The van der Waals surface area contributed by atoms with E-state index in [4.69, 9.17) is 10.00 Å². The van der Waals surface area contributed by atoms with Gasteiger partial charge in [-0.1, -0.05) is 30.3 Å². The molecule has 0 atom stereocenters. The number of methoxy groups -OCH3 is 1. The second-order valence-electron chi connectivity index (χ2n) is 5.71. The molecule has 134 valence electrons. The first-order valence-corrected chi connectivity index (χ1v) is 8.33. The fraction of sp³-hybridized carbons (Fsp3) is 0.0952. The van der Waals surface area contributed by atoms with Gasteiger partial charge in [0, 0.05) is 23.9 Å². The number of hydrogen-bond donors (Lipinski definition) is 2. The van der Waals surface area contributed by atoms with E-state index < -0.39 is 0 Å². The van der Waals surface area contributed by atoms with Crippen LogP contribution in [-0.2, 0) is 6.54 Å². The lowest BCUT2D eigenvalue weighted by atomic mass is 10.1. The monoisotopic (exact) mass is 358 g/mol. The molecule has 0 aliphatic heterocycles. The van der Waals surface area contributed by atoms with Gasteiger partial charge < -0.3 is 15.4 Å². The number of carbonyl (C=O) groups is 1. The SMILES string of the molecule is COc1ccccc1CNc1cc(C(=O)Nc2ccccc2C#N)ccn1. The van der Waals surface area contributed by atoms with Crippen LogP contribution in [0.25, 0.3) is 0 Å². The fourth-order valence-corrected chi connectivity index (χ4v) is 2.59. The lowest BCUT2D eigenvalue weighted by Gasteiger charge is -2.11. The lowest BCUT2D eigenvalue weighted by molar-refractivity contribution is 0.102. The van der Waals surface area contributed by atoms with Gasteiger partial charge in [0.05, 0.1) is 18.4 Å². The molecule has 1 heterocycles. The van der Waals surface area contributed by atoms with Crippen LogP contribution in [0.3, 0.4) is 0 Å². The maximum atomic E-state index is 12.5. The van der Waals surface area contributed by atoms with E-state index in [9.17, 15) is 4.79 Å². The third kappa shape index (κ3) is 4.41. The Morgan fingerprint density at radius 2 is 1.93 bits per heavy atom. The van der Waals surface area contributed by atoms with Crippen LogP contribution in [-0.4, -0.2) is 18.0 Å². The molecular formula is C21H18N4O2. The Bertz CT molecular complexity index is 995. The van der Waals surface area contributed by atoms with Crippen LogP contribution in [0.15, 0.2) is 66.9 Å². The summed E-state index contributed by atoms with van der Waals surface area (Å²) in [6.07, 6.45) is 1.57. The summed E-state index contributed by atoms with van der Waals surface area (Å²) in [6, 6.07) is 19.9. The molecule has 1 aromatic heterocycles. The molecule has 3 rings (SSSR count). The van der Waals surface area contributed by atoms with Crippen molar-refractivity contribution in [2.24, 2.45) is 0 Å². The summed E-state index contributed by atoms with van der Waals surface area (Å²) in [5, 5.41) is 15.1. The third-order valence-electron chi connectivity index (χ3n) is 3.97. The smallest absolute Gasteiger partial charge is 0.255 e. The van der Waals surface area contributed by atoms with E-state index in [1.54, 1.807) is 49.7 Å². The van der Waals surface area contributed by atoms with Gasteiger partial charge in [0.15, 0.2) is 0 Å². The summed E-state index contributed by atoms with van der Waals surface area (Å²) in [7, 11) is 1.63. The molecule has 0 aliphatic rings. The minimum atomic E-state index is -0.305. The minimum Gasteiger partial charge on any atom is -0.496 e. The Kier molecular flexibility index (Phi) is 5.65. The second-order valence-corrected chi connectivity index (χ2v) is 5.71. The zero-order valence-corrected chi connectivity index (χ0v) is 14.8. The molecule has 0 spiro atoms. The summed E-state index contributed by atoms with van der Waals surface area (Å²) in [5.41, 5.74) is 2.32. The number of nitriles is 1. The molecule has 0 saturated carbocycles. The first-order valence-electron chi connectivity index (χ1n) is 8.33. The molecule has 0 unspecified atom stereocenters. The normalized spacial score (nSPS) is 9.93. The first-order chi connectivity index (χ1) is 13.2. The maximum Gasteiger partial charge on any atom is 0.255 e. The highest BCUT2D eigenvalue weighted by molar-refractivity contribution is 6.05. The molecule has 0 radical (unpaired) electrons. The van der Waals surface area contributed by atoms with E-state index in [0.717, 1.165) is 11.3 Å². The second kappa shape index (κ2) is 8.50. The molecule has 27 heavy (non-hydrogen) atoms. The molecule has 1 amide bonds. The Morgan fingerprint density at radius 3 is 2.74 bits per heavy atom. The summed E-state index contributed by atoms with van der Waals surface area (Å²) >= 11 is 0. The van der Waals surface area contributed by atoms with Crippen LogP contribution < -0.4 is 15.4 Å². The number of benzene rings is 2. The van der Waals surface area contributed by atoms with Gasteiger partial charge in [0.2, 0.25) is 0 Å². The minimum absolute atomic E-state index is 0.305. The number of ether oxygens (including phenoxy) is 1. The standard InChI is InChI=1S/C21H18N4O2/c1-27-19-9-5-3-7-17(19)14-24-20-12-15(10-11-23-20)21(26)25-18-8-4-2-6-16(18)13-22/h2-12H,14H2,1H3,(H,23,24)(H,25,26). The van der Waals surface area contributed by atoms with Crippen molar-refractivity contribution in [3.05, 3.63) is 83.6 Å².